The van der Waals surface area contributed by atoms with Crippen LogP contribution < -0.4 is 0 Å². The van der Waals surface area contributed by atoms with Gasteiger partial charge in [0.2, 0.25) is 0 Å². The van der Waals surface area contributed by atoms with E-state index >= 15 is 0 Å². The zero-order valence-corrected chi connectivity index (χ0v) is 60.6. The van der Waals surface area contributed by atoms with E-state index in [1.807, 2.05) is 0 Å². The second kappa shape index (κ2) is 60.7. The summed E-state index contributed by atoms with van der Waals surface area (Å²) >= 11 is 0. The number of carbonyl (C=O) groups is 4. The van der Waals surface area contributed by atoms with Crippen molar-refractivity contribution in [2.75, 3.05) is 39.6 Å². The molecule has 0 bridgehead atoms. The number of carbonyl (C=O) groups excluding carboxylic acids is 4. The zero-order valence-electron chi connectivity index (χ0n) is 58.8. The lowest BCUT2D eigenvalue weighted by Gasteiger charge is -2.21. The fourth-order valence-corrected chi connectivity index (χ4v) is 12.2. The summed E-state index contributed by atoms with van der Waals surface area (Å²) < 4.78 is 68.3. The Morgan fingerprint density at radius 1 is 0.311 bits per heavy atom. The standard InChI is InChI=1S/C71H138O17P2/c1-9-63(7)49-41-33-25-19-15-13-11-12-14-16-20-26-35-43-51-68(73)81-57-66(88-71(76)54-46-38-28-22-24-32-40-48-62(5)6)59-85-89(77,78)83-55-65(72)56-84-90(79,80)86-60-67(58-82-69(74)52-44-36-30-29-34-42-50-64(8)10-2)87-70(75)53-45-37-27-21-17-18-23-31-39-47-61(3)4/h61-67,72H,9-60H2,1-8H3,(H,77,78)(H,79,80)/t63?,64?,65-,66-,67-/m1/s1. The minimum atomic E-state index is -4.95. The molecule has 0 spiro atoms. The van der Waals surface area contributed by atoms with Gasteiger partial charge in [0, 0.05) is 25.7 Å². The highest BCUT2D eigenvalue weighted by Crippen LogP contribution is 2.45. The van der Waals surface area contributed by atoms with Gasteiger partial charge < -0.3 is 33.8 Å². The fraction of sp³-hybridized carbons (Fsp3) is 0.944. The molecule has 534 valence electrons. The Labute approximate surface area is 549 Å². The maximum Gasteiger partial charge on any atom is 0.472 e. The van der Waals surface area contributed by atoms with E-state index in [1.54, 1.807) is 0 Å². The van der Waals surface area contributed by atoms with Crippen LogP contribution in [0.1, 0.15) is 351 Å². The van der Waals surface area contributed by atoms with Crippen LogP contribution in [0.5, 0.6) is 0 Å². The lowest BCUT2D eigenvalue weighted by Crippen LogP contribution is -2.30. The lowest BCUT2D eigenvalue weighted by molar-refractivity contribution is -0.161. The van der Waals surface area contributed by atoms with Gasteiger partial charge in [-0.05, 0) is 49.4 Å². The SMILES string of the molecule is CCC(C)CCCCCCCCCCCCCCCCC(=O)OC[C@H](COP(=O)(O)OC[C@@H](O)COP(=O)(O)OC[C@@H](COC(=O)CCCCCCCCC(C)CC)OC(=O)CCCCCCCCCCCC(C)C)OC(=O)CCCCCCCCCC(C)C. The summed E-state index contributed by atoms with van der Waals surface area (Å²) in [5.74, 6) is 0.881. The molecule has 0 aromatic rings. The summed E-state index contributed by atoms with van der Waals surface area (Å²) in [5.41, 5.74) is 0. The average Bonchev–Trinajstić information content (AvgIpc) is 3.51. The van der Waals surface area contributed by atoms with Crippen molar-refractivity contribution < 1.29 is 80.2 Å². The molecule has 0 aliphatic carbocycles. The number of aliphatic hydroxyl groups is 1. The van der Waals surface area contributed by atoms with E-state index < -0.39 is 97.5 Å². The van der Waals surface area contributed by atoms with E-state index in [0.29, 0.717) is 31.6 Å². The maximum absolute atomic E-state index is 13.0. The van der Waals surface area contributed by atoms with Gasteiger partial charge in [0.15, 0.2) is 12.2 Å². The third kappa shape index (κ3) is 62.2. The molecule has 4 unspecified atom stereocenters. The predicted octanol–water partition coefficient (Wildman–Crippen LogP) is 20.1. The number of ether oxygens (including phenoxy) is 4. The summed E-state index contributed by atoms with van der Waals surface area (Å²) in [7, 11) is -9.90. The van der Waals surface area contributed by atoms with Crippen molar-refractivity contribution >= 4 is 39.5 Å². The minimum Gasteiger partial charge on any atom is -0.462 e. The van der Waals surface area contributed by atoms with Gasteiger partial charge in [0.05, 0.1) is 26.4 Å². The van der Waals surface area contributed by atoms with Gasteiger partial charge in [-0.25, -0.2) is 9.13 Å². The molecule has 0 heterocycles. The molecule has 0 rings (SSSR count). The first-order chi connectivity index (χ1) is 43.2. The second-order valence-corrected chi connectivity index (χ2v) is 30.0. The van der Waals surface area contributed by atoms with Crippen molar-refractivity contribution in [1.82, 2.24) is 0 Å². The van der Waals surface area contributed by atoms with Crippen LogP contribution in [-0.4, -0.2) is 96.7 Å². The zero-order chi connectivity index (χ0) is 66.8. The average molecular weight is 1330 g/mol. The summed E-state index contributed by atoms with van der Waals surface area (Å²) in [6.45, 7) is 14.1. The van der Waals surface area contributed by atoms with E-state index in [9.17, 15) is 43.2 Å². The van der Waals surface area contributed by atoms with Crippen LogP contribution in [-0.2, 0) is 65.4 Å². The van der Waals surface area contributed by atoms with Crippen LogP contribution in [0.3, 0.4) is 0 Å². The van der Waals surface area contributed by atoms with Gasteiger partial charge in [-0.15, -0.1) is 0 Å². The monoisotopic (exact) mass is 1320 g/mol. The molecular weight excluding hydrogens is 1190 g/mol. The molecule has 3 N–H and O–H groups in total. The number of phosphoric acid groups is 2. The van der Waals surface area contributed by atoms with Gasteiger partial charge in [-0.1, -0.05) is 299 Å². The molecule has 0 aromatic carbocycles. The molecule has 0 fully saturated rings. The van der Waals surface area contributed by atoms with Gasteiger partial charge in [-0.3, -0.25) is 37.3 Å². The van der Waals surface area contributed by atoms with Crippen LogP contribution >= 0.6 is 15.6 Å². The van der Waals surface area contributed by atoms with Gasteiger partial charge in [0.25, 0.3) is 0 Å². The lowest BCUT2D eigenvalue weighted by atomic mass is 9.99. The molecular formula is C71H138O17P2. The second-order valence-electron chi connectivity index (χ2n) is 27.1. The minimum absolute atomic E-state index is 0.103. The third-order valence-electron chi connectivity index (χ3n) is 17.0. The summed E-state index contributed by atoms with van der Waals surface area (Å²) in [6, 6.07) is 0. The Kier molecular flexibility index (Phi) is 59.4. The van der Waals surface area contributed by atoms with E-state index in [4.69, 9.17) is 37.0 Å². The highest BCUT2D eigenvalue weighted by molar-refractivity contribution is 7.47. The normalized spacial score (nSPS) is 14.9. The molecule has 7 atom stereocenters. The molecule has 0 amide bonds. The molecule has 0 aliphatic heterocycles. The predicted molar refractivity (Wildman–Crippen MR) is 363 cm³/mol. The highest BCUT2D eigenvalue weighted by Gasteiger charge is 2.30. The molecule has 0 saturated carbocycles. The van der Waals surface area contributed by atoms with Crippen LogP contribution in [0.25, 0.3) is 0 Å². The van der Waals surface area contributed by atoms with Crippen molar-refractivity contribution in [2.24, 2.45) is 23.7 Å². The Morgan fingerprint density at radius 3 is 0.789 bits per heavy atom. The third-order valence-corrected chi connectivity index (χ3v) is 18.9. The number of aliphatic hydroxyl groups excluding tert-OH is 1. The summed E-state index contributed by atoms with van der Waals surface area (Å²) in [6.07, 6.45) is 43.2. The van der Waals surface area contributed by atoms with Crippen LogP contribution in [0.4, 0.5) is 0 Å². The smallest absolute Gasteiger partial charge is 0.462 e. The Hall–Kier alpha value is -1.94. The Bertz CT molecular complexity index is 1790. The van der Waals surface area contributed by atoms with Crippen LogP contribution in [0.2, 0.25) is 0 Å². The largest absolute Gasteiger partial charge is 0.472 e. The molecule has 0 aromatic heterocycles. The number of rotatable bonds is 68. The molecule has 17 nitrogen and oxygen atoms in total. The first-order valence-corrected chi connectivity index (χ1v) is 39.8. The van der Waals surface area contributed by atoms with Gasteiger partial charge in [-0.2, -0.15) is 0 Å². The van der Waals surface area contributed by atoms with Crippen LogP contribution in [0, 0.1) is 23.7 Å². The molecule has 0 saturated heterocycles. The highest BCUT2D eigenvalue weighted by atomic mass is 31.2. The van der Waals surface area contributed by atoms with E-state index in [0.717, 1.165) is 114 Å². The van der Waals surface area contributed by atoms with E-state index in [-0.39, 0.29) is 25.7 Å². The molecule has 0 aliphatic rings. The van der Waals surface area contributed by atoms with Crippen LogP contribution in [0.15, 0.2) is 0 Å². The van der Waals surface area contributed by atoms with Crippen molar-refractivity contribution in [3.63, 3.8) is 0 Å². The van der Waals surface area contributed by atoms with Crippen molar-refractivity contribution in [1.29, 1.82) is 0 Å². The van der Waals surface area contributed by atoms with E-state index in [2.05, 4.69) is 55.4 Å². The van der Waals surface area contributed by atoms with Crippen molar-refractivity contribution in [3.05, 3.63) is 0 Å². The number of esters is 4. The maximum atomic E-state index is 13.0. The first kappa shape index (κ1) is 88.1. The molecule has 19 heteroatoms. The fourth-order valence-electron chi connectivity index (χ4n) is 10.6. The number of hydrogen-bond acceptors (Lipinski definition) is 15. The number of unbranched alkanes of at least 4 members (excludes halogenated alkanes) is 32. The van der Waals surface area contributed by atoms with Crippen molar-refractivity contribution in [3.8, 4) is 0 Å². The summed E-state index contributed by atoms with van der Waals surface area (Å²) in [4.78, 5) is 72.5. The number of phosphoric ester groups is 2. The van der Waals surface area contributed by atoms with E-state index in [1.165, 1.54) is 148 Å². The first-order valence-electron chi connectivity index (χ1n) is 36.8. The van der Waals surface area contributed by atoms with Gasteiger partial charge in [0.1, 0.15) is 19.3 Å². The molecule has 0 radical (unpaired) electrons. The summed E-state index contributed by atoms with van der Waals surface area (Å²) in [5, 5.41) is 10.6. The molecule has 90 heavy (non-hydrogen) atoms. The van der Waals surface area contributed by atoms with Gasteiger partial charge >= 0.3 is 39.5 Å². The number of hydrogen-bond donors (Lipinski definition) is 3. The Balaban J connectivity index is 5.20. The Morgan fingerprint density at radius 2 is 0.533 bits per heavy atom. The topological polar surface area (TPSA) is 237 Å². The quantitative estimate of drug-likeness (QED) is 0.0222. The van der Waals surface area contributed by atoms with Crippen molar-refractivity contribution in [2.45, 2.75) is 369 Å².